The molecule has 11 nitrogen and oxygen atoms in total. The largest absolute Gasteiger partial charge is 0.454 e. The zero-order valence-electron chi connectivity index (χ0n) is 22.8. The van der Waals surface area contributed by atoms with Crippen LogP contribution in [-0.2, 0) is 6.42 Å². The van der Waals surface area contributed by atoms with E-state index in [-0.39, 0.29) is 19.5 Å². The van der Waals surface area contributed by atoms with Gasteiger partial charge in [0.1, 0.15) is 11.9 Å². The van der Waals surface area contributed by atoms with E-state index in [1.807, 2.05) is 54.6 Å². The second-order valence-electron chi connectivity index (χ2n) is 10.8. The Morgan fingerprint density at radius 3 is 2.53 bits per heavy atom. The molecule has 3 aromatic heterocycles. The average molecular weight is 575 g/mol. The average Bonchev–Trinajstić information content (AvgIpc) is 3.79. The summed E-state index contributed by atoms with van der Waals surface area (Å²) in [6.45, 7) is 2.47. The molecule has 0 N–H and O–H groups in total. The molecule has 6 aromatic rings. The fourth-order valence-corrected chi connectivity index (χ4v) is 6.25. The van der Waals surface area contributed by atoms with E-state index in [0.29, 0.717) is 68.9 Å². The number of aromatic nitrogens is 4. The van der Waals surface area contributed by atoms with Gasteiger partial charge in [-0.2, -0.15) is 0 Å². The summed E-state index contributed by atoms with van der Waals surface area (Å²) in [6, 6.07) is 18.8. The quantitative estimate of drug-likeness (QED) is 0.251. The normalized spacial score (nSPS) is 16.6. The summed E-state index contributed by atoms with van der Waals surface area (Å²) in [6.07, 6.45) is 2.20. The molecule has 6 heterocycles. The molecule has 2 atom stereocenters. The third-order valence-electron chi connectivity index (χ3n) is 8.20. The van der Waals surface area contributed by atoms with Gasteiger partial charge in [0.05, 0.1) is 16.5 Å². The monoisotopic (exact) mass is 574 g/mol. The molecule has 0 aliphatic carbocycles. The third-order valence-corrected chi connectivity index (χ3v) is 8.20. The highest BCUT2D eigenvalue weighted by molar-refractivity contribution is 5.86. The lowest BCUT2D eigenvalue weighted by atomic mass is 9.78. The summed E-state index contributed by atoms with van der Waals surface area (Å²) in [7, 11) is 0. The van der Waals surface area contributed by atoms with Crippen LogP contribution in [0.4, 0.5) is 0 Å². The van der Waals surface area contributed by atoms with Crippen LogP contribution < -0.4 is 29.3 Å². The lowest BCUT2D eigenvalue weighted by molar-refractivity contribution is 0.173. The standard InChI is InChI=1S/C32H22N4O7/c1-16(10-17-6-8-21-23(11-17)40-14-38-21)25-26-28(19-4-2-3-5-20(19)42-32(26)37)43-31-27(25)30-34-29(35-36(30)13-33-31)18-7-9-22-24(12-18)41-15-39-22/h2-9,11-13,16,25H,10,14-15H2,1H3. The minimum atomic E-state index is -0.463. The van der Waals surface area contributed by atoms with Gasteiger partial charge in [0, 0.05) is 11.5 Å². The fourth-order valence-electron chi connectivity index (χ4n) is 6.25. The molecule has 0 spiro atoms. The summed E-state index contributed by atoms with van der Waals surface area (Å²) in [5.74, 6) is 3.47. The number of hydrogen-bond acceptors (Lipinski definition) is 10. The maximum Gasteiger partial charge on any atom is 0.343 e. The third kappa shape index (κ3) is 3.67. The zero-order chi connectivity index (χ0) is 28.7. The molecule has 11 heteroatoms. The molecule has 212 valence electrons. The first kappa shape index (κ1) is 24.1. The van der Waals surface area contributed by atoms with Gasteiger partial charge in [-0.3, -0.25) is 0 Å². The fraction of sp³-hybridized carbons (Fsp3) is 0.188. The smallest absolute Gasteiger partial charge is 0.343 e. The van der Waals surface area contributed by atoms with Crippen molar-refractivity contribution in [3.63, 3.8) is 0 Å². The maximum absolute atomic E-state index is 13.7. The van der Waals surface area contributed by atoms with Gasteiger partial charge < -0.3 is 28.1 Å². The van der Waals surface area contributed by atoms with Crippen molar-refractivity contribution >= 4 is 16.6 Å². The highest BCUT2D eigenvalue weighted by Crippen LogP contribution is 2.50. The van der Waals surface area contributed by atoms with Crippen molar-refractivity contribution in [1.82, 2.24) is 19.6 Å². The number of ether oxygens (including phenoxy) is 5. The van der Waals surface area contributed by atoms with Crippen molar-refractivity contribution in [3.05, 3.63) is 94.1 Å². The van der Waals surface area contributed by atoms with Crippen LogP contribution in [0, 0.1) is 5.92 Å². The number of para-hydroxylation sites is 1. The summed E-state index contributed by atoms with van der Waals surface area (Å²) in [5, 5.41) is 5.42. The molecule has 0 radical (unpaired) electrons. The summed E-state index contributed by atoms with van der Waals surface area (Å²) in [4.78, 5) is 23.3. The van der Waals surface area contributed by atoms with Crippen molar-refractivity contribution in [1.29, 1.82) is 0 Å². The van der Waals surface area contributed by atoms with E-state index in [4.69, 9.17) is 38.2 Å². The van der Waals surface area contributed by atoms with Crippen LogP contribution in [0.25, 0.3) is 28.0 Å². The highest BCUT2D eigenvalue weighted by Gasteiger charge is 2.39. The van der Waals surface area contributed by atoms with Crippen molar-refractivity contribution in [3.8, 4) is 46.0 Å². The van der Waals surface area contributed by atoms with Gasteiger partial charge >= 0.3 is 5.63 Å². The molecule has 3 aliphatic rings. The van der Waals surface area contributed by atoms with Crippen molar-refractivity contribution in [2.45, 2.75) is 19.3 Å². The molecule has 43 heavy (non-hydrogen) atoms. The Labute approximate surface area is 243 Å². The van der Waals surface area contributed by atoms with Crippen LogP contribution in [-0.4, -0.2) is 33.2 Å². The first-order valence-corrected chi connectivity index (χ1v) is 13.9. The van der Waals surface area contributed by atoms with Crippen molar-refractivity contribution < 1.29 is 28.1 Å². The Morgan fingerprint density at radius 1 is 0.907 bits per heavy atom. The molecule has 0 saturated heterocycles. The van der Waals surface area contributed by atoms with E-state index < -0.39 is 11.5 Å². The van der Waals surface area contributed by atoms with E-state index in [2.05, 4.69) is 11.9 Å². The molecule has 9 rings (SSSR count). The first-order chi connectivity index (χ1) is 21.1. The number of benzene rings is 3. The Hall–Kier alpha value is -5.58. The maximum atomic E-state index is 13.7. The molecule has 0 amide bonds. The minimum Gasteiger partial charge on any atom is -0.454 e. The molecule has 2 unspecified atom stereocenters. The van der Waals surface area contributed by atoms with Crippen LogP contribution in [0.2, 0.25) is 0 Å². The second kappa shape index (κ2) is 8.96. The number of fused-ring (bicyclic) bond motifs is 8. The zero-order valence-corrected chi connectivity index (χ0v) is 22.8. The predicted octanol–water partition coefficient (Wildman–Crippen LogP) is 5.47. The van der Waals surface area contributed by atoms with Crippen molar-refractivity contribution in [2.24, 2.45) is 5.92 Å². The molecule has 0 bridgehead atoms. The van der Waals surface area contributed by atoms with Crippen LogP contribution in [0.1, 0.15) is 29.5 Å². The summed E-state index contributed by atoms with van der Waals surface area (Å²) >= 11 is 0. The topological polar surface area (TPSA) is 119 Å². The van der Waals surface area contributed by atoms with Crippen LogP contribution in [0.5, 0.6) is 34.6 Å². The Bertz CT molecular complexity index is 2170. The van der Waals surface area contributed by atoms with E-state index >= 15 is 0 Å². The van der Waals surface area contributed by atoms with Crippen LogP contribution in [0.15, 0.2) is 76.2 Å². The number of nitrogens with zero attached hydrogens (tertiary/aromatic N) is 4. The molecule has 0 fully saturated rings. The van der Waals surface area contributed by atoms with Gasteiger partial charge in [-0.15, -0.1) is 5.10 Å². The predicted molar refractivity (Wildman–Crippen MR) is 152 cm³/mol. The number of hydrogen-bond donors (Lipinski definition) is 0. The van der Waals surface area contributed by atoms with E-state index in [1.165, 1.54) is 0 Å². The highest BCUT2D eigenvalue weighted by atomic mass is 16.7. The molecule has 3 aromatic carbocycles. The second-order valence-corrected chi connectivity index (χ2v) is 10.8. The van der Waals surface area contributed by atoms with Crippen LogP contribution in [0.3, 0.4) is 0 Å². The van der Waals surface area contributed by atoms with Crippen molar-refractivity contribution in [2.75, 3.05) is 13.6 Å². The Kier molecular flexibility index (Phi) is 5.01. The first-order valence-electron chi connectivity index (χ1n) is 13.9. The Morgan fingerprint density at radius 2 is 1.67 bits per heavy atom. The minimum absolute atomic E-state index is 0.107. The van der Waals surface area contributed by atoms with E-state index in [0.717, 1.165) is 16.9 Å². The number of rotatable bonds is 4. The van der Waals surface area contributed by atoms with E-state index in [1.54, 1.807) is 16.9 Å². The van der Waals surface area contributed by atoms with Gasteiger partial charge in [-0.1, -0.05) is 25.1 Å². The SMILES string of the molecule is CC(Cc1ccc2c(c1)OCO2)C1c2c(c3ccccc3oc2=O)Oc2ncn3nc(-c4ccc5c(c4)OCO5)nc3c21. The summed E-state index contributed by atoms with van der Waals surface area (Å²) in [5.41, 5.74) is 3.43. The Balaban J connectivity index is 1.22. The van der Waals surface area contributed by atoms with Gasteiger partial charge in [-0.05, 0) is 60.4 Å². The lowest BCUT2D eigenvalue weighted by Gasteiger charge is -2.31. The molecular weight excluding hydrogens is 552 g/mol. The van der Waals surface area contributed by atoms with Gasteiger partial charge in [0.15, 0.2) is 40.2 Å². The lowest BCUT2D eigenvalue weighted by Crippen LogP contribution is -2.26. The van der Waals surface area contributed by atoms with Gasteiger partial charge in [-0.25, -0.2) is 19.3 Å². The molecular formula is C32H22N4O7. The van der Waals surface area contributed by atoms with E-state index in [9.17, 15) is 4.79 Å². The summed E-state index contributed by atoms with van der Waals surface area (Å²) < 4.78 is 36.0. The molecule has 3 aliphatic heterocycles. The van der Waals surface area contributed by atoms with Gasteiger partial charge in [0.2, 0.25) is 19.5 Å². The van der Waals surface area contributed by atoms with Gasteiger partial charge in [0.25, 0.3) is 0 Å². The molecule has 0 saturated carbocycles. The van der Waals surface area contributed by atoms with Crippen LogP contribution >= 0.6 is 0 Å².